The van der Waals surface area contributed by atoms with Crippen molar-refractivity contribution in [2.45, 2.75) is 58.9 Å². The second kappa shape index (κ2) is 7.37. The number of carbonyl (C=O) groups is 2. The number of nitrogens with one attached hydrogen (secondary N) is 1. The molecule has 0 saturated carbocycles. The van der Waals surface area contributed by atoms with Crippen molar-refractivity contribution in [3.05, 3.63) is 35.4 Å². The summed E-state index contributed by atoms with van der Waals surface area (Å²) < 4.78 is 0. The molecular formula is C20H30N2O2. The number of carbonyl (C=O) groups excluding carboxylic acids is 2. The van der Waals surface area contributed by atoms with E-state index >= 15 is 0 Å². The molecule has 1 saturated heterocycles. The average Bonchev–Trinajstić information content (AvgIpc) is 2.54. The zero-order valence-corrected chi connectivity index (χ0v) is 15.6. The Labute approximate surface area is 145 Å². The number of amides is 2. The first-order valence-corrected chi connectivity index (χ1v) is 8.88. The predicted octanol–water partition coefficient (Wildman–Crippen LogP) is 3.36. The van der Waals surface area contributed by atoms with E-state index in [-0.39, 0.29) is 17.2 Å². The molecule has 4 nitrogen and oxygen atoms in total. The van der Waals surface area contributed by atoms with Crippen LogP contribution in [0.1, 0.15) is 63.4 Å². The molecule has 0 radical (unpaired) electrons. The van der Waals surface area contributed by atoms with Gasteiger partial charge in [0, 0.05) is 18.7 Å². The number of hydrogen-bond acceptors (Lipinski definition) is 2. The quantitative estimate of drug-likeness (QED) is 0.924. The van der Waals surface area contributed by atoms with Crippen molar-refractivity contribution < 1.29 is 9.59 Å². The van der Waals surface area contributed by atoms with E-state index in [4.69, 9.17) is 0 Å². The van der Waals surface area contributed by atoms with Crippen LogP contribution in [0.3, 0.4) is 0 Å². The number of piperidine rings is 1. The van der Waals surface area contributed by atoms with Crippen LogP contribution in [0.2, 0.25) is 0 Å². The van der Waals surface area contributed by atoms with Gasteiger partial charge in [0.25, 0.3) is 5.91 Å². The average molecular weight is 330 g/mol. The molecule has 1 aliphatic rings. The Morgan fingerprint density at radius 1 is 1.12 bits per heavy atom. The number of likely N-dealkylation sites (tertiary alicyclic amines) is 1. The summed E-state index contributed by atoms with van der Waals surface area (Å²) in [7, 11) is 0. The van der Waals surface area contributed by atoms with Crippen LogP contribution in [-0.2, 0) is 10.2 Å². The second-order valence-corrected chi connectivity index (χ2v) is 8.03. The van der Waals surface area contributed by atoms with E-state index in [0.717, 1.165) is 25.9 Å². The molecular weight excluding hydrogens is 300 g/mol. The van der Waals surface area contributed by atoms with Gasteiger partial charge in [0.05, 0.1) is 0 Å². The predicted molar refractivity (Wildman–Crippen MR) is 97.0 cm³/mol. The van der Waals surface area contributed by atoms with Crippen LogP contribution in [0, 0.1) is 5.92 Å². The highest BCUT2D eigenvalue weighted by Crippen LogP contribution is 2.22. The minimum Gasteiger partial charge on any atom is -0.341 e. The minimum atomic E-state index is -0.492. The molecule has 4 heteroatoms. The van der Waals surface area contributed by atoms with Crippen molar-refractivity contribution >= 4 is 11.8 Å². The van der Waals surface area contributed by atoms with E-state index < -0.39 is 6.04 Å². The highest BCUT2D eigenvalue weighted by molar-refractivity contribution is 5.97. The highest BCUT2D eigenvalue weighted by atomic mass is 16.2. The summed E-state index contributed by atoms with van der Waals surface area (Å²) in [6, 6.07) is 7.12. The van der Waals surface area contributed by atoms with Crippen LogP contribution in [0.15, 0.2) is 24.3 Å². The molecule has 0 bridgehead atoms. The molecule has 1 aliphatic heterocycles. The zero-order chi connectivity index (χ0) is 17.9. The molecule has 1 aromatic carbocycles. The summed E-state index contributed by atoms with van der Waals surface area (Å²) in [6.07, 6.45) is 2.08. The molecule has 132 valence electrons. The van der Waals surface area contributed by atoms with E-state index in [1.165, 1.54) is 5.56 Å². The van der Waals surface area contributed by atoms with Crippen molar-refractivity contribution in [1.29, 1.82) is 0 Å². The lowest BCUT2D eigenvalue weighted by atomic mass is 9.86. The second-order valence-electron chi connectivity index (χ2n) is 8.03. The molecule has 0 spiro atoms. The minimum absolute atomic E-state index is 0.0153. The summed E-state index contributed by atoms with van der Waals surface area (Å²) in [5.74, 6) is 0.503. The smallest absolute Gasteiger partial charge is 0.251 e. The van der Waals surface area contributed by atoms with E-state index in [1.54, 1.807) is 6.92 Å². The van der Waals surface area contributed by atoms with Crippen LogP contribution < -0.4 is 5.32 Å². The van der Waals surface area contributed by atoms with Crippen molar-refractivity contribution in [1.82, 2.24) is 10.2 Å². The number of benzene rings is 1. The molecule has 1 N–H and O–H groups in total. The van der Waals surface area contributed by atoms with Gasteiger partial charge < -0.3 is 10.2 Å². The first kappa shape index (κ1) is 18.5. The molecule has 1 aromatic rings. The largest absolute Gasteiger partial charge is 0.341 e. The van der Waals surface area contributed by atoms with Crippen LogP contribution in [0.25, 0.3) is 0 Å². The molecule has 1 unspecified atom stereocenters. The molecule has 1 fully saturated rings. The number of hydrogen-bond donors (Lipinski definition) is 1. The summed E-state index contributed by atoms with van der Waals surface area (Å²) >= 11 is 0. The molecule has 1 atom stereocenters. The Hall–Kier alpha value is -1.84. The van der Waals surface area contributed by atoms with Gasteiger partial charge in [-0.15, -0.1) is 0 Å². The molecule has 1 heterocycles. The Kier molecular flexibility index (Phi) is 5.68. The van der Waals surface area contributed by atoms with Crippen LogP contribution >= 0.6 is 0 Å². The number of nitrogens with zero attached hydrogens (tertiary/aromatic N) is 1. The lowest BCUT2D eigenvalue weighted by Gasteiger charge is -2.32. The Balaban J connectivity index is 1.94. The van der Waals surface area contributed by atoms with Gasteiger partial charge in [0.1, 0.15) is 6.04 Å². The van der Waals surface area contributed by atoms with E-state index in [2.05, 4.69) is 33.0 Å². The van der Waals surface area contributed by atoms with Gasteiger partial charge in [-0.25, -0.2) is 0 Å². The van der Waals surface area contributed by atoms with Crippen molar-refractivity contribution in [3.63, 3.8) is 0 Å². The molecule has 0 aliphatic carbocycles. The van der Waals surface area contributed by atoms with Crippen molar-refractivity contribution in [2.75, 3.05) is 13.1 Å². The van der Waals surface area contributed by atoms with Gasteiger partial charge in [-0.1, -0.05) is 39.8 Å². The van der Waals surface area contributed by atoms with Gasteiger partial charge in [-0.05, 0) is 48.8 Å². The van der Waals surface area contributed by atoms with Gasteiger partial charge in [0.15, 0.2) is 0 Å². The van der Waals surface area contributed by atoms with E-state index in [9.17, 15) is 9.59 Å². The normalized spacial score (nSPS) is 17.5. The van der Waals surface area contributed by atoms with E-state index in [1.807, 2.05) is 29.2 Å². The van der Waals surface area contributed by atoms with Crippen molar-refractivity contribution in [3.8, 4) is 0 Å². The van der Waals surface area contributed by atoms with Gasteiger partial charge >= 0.3 is 0 Å². The standard InChI is InChI=1S/C20H30N2O2/c1-14-10-12-22(13-11-14)19(24)15(2)21-18(23)16-6-8-17(9-7-16)20(3,4)5/h6-9,14-15H,10-13H2,1-5H3,(H,21,23). The lowest BCUT2D eigenvalue weighted by molar-refractivity contribution is -0.134. The van der Waals surface area contributed by atoms with Crippen LogP contribution in [-0.4, -0.2) is 35.8 Å². The van der Waals surface area contributed by atoms with Crippen LogP contribution in [0.4, 0.5) is 0 Å². The van der Waals surface area contributed by atoms with Gasteiger partial charge in [-0.2, -0.15) is 0 Å². The third-order valence-electron chi connectivity index (χ3n) is 4.83. The maximum Gasteiger partial charge on any atom is 0.251 e. The Morgan fingerprint density at radius 2 is 1.67 bits per heavy atom. The fourth-order valence-corrected chi connectivity index (χ4v) is 2.97. The van der Waals surface area contributed by atoms with Crippen LogP contribution in [0.5, 0.6) is 0 Å². The number of rotatable bonds is 3. The van der Waals surface area contributed by atoms with Crippen molar-refractivity contribution in [2.24, 2.45) is 5.92 Å². The topological polar surface area (TPSA) is 49.4 Å². The fraction of sp³-hybridized carbons (Fsp3) is 0.600. The summed E-state index contributed by atoms with van der Waals surface area (Å²) in [4.78, 5) is 26.7. The Morgan fingerprint density at radius 3 is 2.17 bits per heavy atom. The summed E-state index contributed by atoms with van der Waals surface area (Å²) in [5.41, 5.74) is 1.84. The highest BCUT2D eigenvalue weighted by Gasteiger charge is 2.25. The third kappa shape index (κ3) is 4.59. The summed E-state index contributed by atoms with van der Waals surface area (Å²) in [5, 5.41) is 2.83. The summed E-state index contributed by atoms with van der Waals surface area (Å²) in [6.45, 7) is 12.0. The lowest BCUT2D eigenvalue weighted by Crippen LogP contribution is -2.49. The van der Waals surface area contributed by atoms with E-state index in [0.29, 0.717) is 11.5 Å². The molecule has 24 heavy (non-hydrogen) atoms. The first-order valence-electron chi connectivity index (χ1n) is 8.88. The maximum atomic E-state index is 12.5. The zero-order valence-electron chi connectivity index (χ0n) is 15.6. The monoisotopic (exact) mass is 330 g/mol. The SMILES string of the molecule is CC1CCN(C(=O)C(C)NC(=O)c2ccc(C(C)(C)C)cc2)CC1. The molecule has 2 rings (SSSR count). The van der Waals surface area contributed by atoms with Gasteiger partial charge in [-0.3, -0.25) is 9.59 Å². The fourth-order valence-electron chi connectivity index (χ4n) is 2.97. The molecule has 2 amide bonds. The molecule has 0 aromatic heterocycles. The maximum absolute atomic E-state index is 12.5. The third-order valence-corrected chi connectivity index (χ3v) is 4.83. The van der Waals surface area contributed by atoms with Gasteiger partial charge in [0.2, 0.25) is 5.91 Å². The first-order chi connectivity index (χ1) is 11.2. The Bertz CT molecular complexity index is 579.